The molecule has 2 aromatic rings. The molecule has 5 nitrogen and oxygen atoms in total. The number of H-pyrrole nitrogens is 1. The first-order valence-electron chi connectivity index (χ1n) is 8.37. The fraction of sp³-hybridized carbons (Fsp3) is 0.368. The summed E-state index contributed by atoms with van der Waals surface area (Å²) < 4.78 is 0. The minimum absolute atomic E-state index is 0.0352. The van der Waals surface area contributed by atoms with Crippen LogP contribution in [0.25, 0.3) is 17.0 Å². The Hall–Kier alpha value is -2.56. The third-order valence-electron chi connectivity index (χ3n) is 4.57. The van der Waals surface area contributed by atoms with Crippen LogP contribution in [-0.2, 0) is 11.2 Å². The predicted molar refractivity (Wildman–Crippen MR) is 98.8 cm³/mol. The number of nitrogens with zero attached hydrogens (tertiary/aromatic N) is 3. The van der Waals surface area contributed by atoms with Crippen LogP contribution in [0.4, 0.5) is 0 Å². The number of hydrogen-bond acceptors (Lipinski definition) is 2. The van der Waals surface area contributed by atoms with E-state index in [2.05, 4.69) is 35.1 Å². The largest absolute Gasteiger partial charge is 0.361 e. The quantitative estimate of drug-likeness (QED) is 0.878. The number of aromatic amines is 1. The van der Waals surface area contributed by atoms with E-state index in [0.717, 1.165) is 22.9 Å². The molecule has 1 N–H and O–H groups in total. The highest BCUT2D eigenvalue weighted by molar-refractivity contribution is 6.15. The van der Waals surface area contributed by atoms with Crippen molar-refractivity contribution in [3.8, 4) is 0 Å². The molecule has 0 atom stereocenters. The number of aryl methyl sites for hydroxylation is 1. The topological polar surface area (TPSA) is 51.7 Å². The number of guanidine groups is 1. The zero-order valence-electron chi connectivity index (χ0n) is 14.8. The van der Waals surface area contributed by atoms with E-state index >= 15 is 0 Å². The molecule has 1 aliphatic rings. The van der Waals surface area contributed by atoms with Crippen LogP contribution in [0.1, 0.15) is 30.9 Å². The molecule has 1 aliphatic heterocycles. The molecule has 3 rings (SSSR count). The van der Waals surface area contributed by atoms with Gasteiger partial charge in [-0.2, -0.15) is 0 Å². The van der Waals surface area contributed by atoms with Gasteiger partial charge in [0, 0.05) is 43.8 Å². The lowest BCUT2D eigenvalue weighted by molar-refractivity contribution is -0.121. The van der Waals surface area contributed by atoms with Crippen molar-refractivity contribution in [2.24, 2.45) is 4.99 Å². The highest BCUT2D eigenvalue weighted by Gasteiger charge is 2.33. The van der Waals surface area contributed by atoms with Crippen LogP contribution in [0, 0.1) is 0 Å². The van der Waals surface area contributed by atoms with Gasteiger partial charge in [0.05, 0.1) is 0 Å². The van der Waals surface area contributed by atoms with Gasteiger partial charge in [0.15, 0.2) is 0 Å². The first-order valence-corrected chi connectivity index (χ1v) is 8.37. The van der Waals surface area contributed by atoms with Crippen molar-refractivity contribution >= 4 is 28.8 Å². The molecule has 0 radical (unpaired) electrons. The van der Waals surface area contributed by atoms with Gasteiger partial charge in [0.2, 0.25) is 5.96 Å². The second kappa shape index (κ2) is 6.51. The van der Waals surface area contributed by atoms with E-state index in [9.17, 15) is 4.79 Å². The number of likely N-dealkylation sites (N-methyl/N-ethyl adjacent to an activating group) is 2. The van der Waals surface area contributed by atoms with Crippen molar-refractivity contribution in [3.05, 3.63) is 41.2 Å². The maximum atomic E-state index is 12.4. The SMILES string of the molecule is CCCCc1ccc2c(C=C3C(=O)N(C)C(=NC)N3C)c[nH]c2c1. The van der Waals surface area contributed by atoms with E-state index in [1.165, 1.54) is 18.4 Å². The van der Waals surface area contributed by atoms with Gasteiger partial charge in [-0.15, -0.1) is 0 Å². The molecule has 1 aromatic carbocycles. The molecule has 1 aromatic heterocycles. The Balaban J connectivity index is 1.97. The third kappa shape index (κ3) is 2.70. The van der Waals surface area contributed by atoms with Gasteiger partial charge < -0.3 is 9.88 Å². The number of rotatable bonds is 4. The van der Waals surface area contributed by atoms with Gasteiger partial charge in [-0.25, -0.2) is 0 Å². The Morgan fingerprint density at radius 2 is 2.04 bits per heavy atom. The summed E-state index contributed by atoms with van der Waals surface area (Å²) in [6, 6.07) is 6.53. The highest BCUT2D eigenvalue weighted by atomic mass is 16.2. The summed E-state index contributed by atoms with van der Waals surface area (Å²) in [5, 5.41) is 1.13. The van der Waals surface area contributed by atoms with Crippen molar-refractivity contribution < 1.29 is 4.79 Å². The van der Waals surface area contributed by atoms with Crippen LogP contribution in [0.2, 0.25) is 0 Å². The van der Waals surface area contributed by atoms with E-state index in [0.29, 0.717) is 11.7 Å². The molecule has 1 fully saturated rings. The average molecular weight is 324 g/mol. The Bertz CT molecular complexity index is 831. The summed E-state index contributed by atoms with van der Waals surface area (Å²) in [4.78, 5) is 23.4. The van der Waals surface area contributed by atoms with Crippen molar-refractivity contribution in [3.63, 3.8) is 0 Å². The van der Waals surface area contributed by atoms with Crippen LogP contribution in [0.15, 0.2) is 35.1 Å². The number of nitrogens with one attached hydrogen (secondary N) is 1. The average Bonchev–Trinajstić information content (AvgIpc) is 3.07. The number of benzene rings is 1. The Morgan fingerprint density at radius 1 is 1.25 bits per heavy atom. The molecule has 0 bridgehead atoms. The van der Waals surface area contributed by atoms with Gasteiger partial charge in [-0.1, -0.05) is 25.5 Å². The number of fused-ring (bicyclic) bond motifs is 1. The number of carbonyl (C=O) groups is 1. The van der Waals surface area contributed by atoms with Gasteiger partial charge in [0.1, 0.15) is 5.70 Å². The van der Waals surface area contributed by atoms with E-state index in [1.807, 2.05) is 24.2 Å². The summed E-state index contributed by atoms with van der Waals surface area (Å²) in [6.07, 6.45) is 7.40. The van der Waals surface area contributed by atoms with Crippen molar-refractivity contribution in [2.45, 2.75) is 26.2 Å². The van der Waals surface area contributed by atoms with E-state index in [-0.39, 0.29) is 5.91 Å². The molecule has 5 heteroatoms. The number of hydrogen-bond donors (Lipinski definition) is 1. The second-order valence-corrected chi connectivity index (χ2v) is 6.20. The third-order valence-corrected chi connectivity index (χ3v) is 4.57. The maximum Gasteiger partial charge on any atom is 0.277 e. The molecule has 24 heavy (non-hydrogen) atoms. The fourth-order valence-electron chi connectivity index (χ4n) is 3.20. The minimum atomic E-state index is -0.0352. The lowest BCUT2D eigenvalue weighted by Crippen LogP contribution is -2.29. The number of carbonyl (C=O) groups excluding carboxylic acids is 1. The molecule has 0 aliphatic carbocycles. The van der Waals surface area contributed by atoms with Crippen LogP contribution in [0.3, 0.4) is 0 Å². The van der Waals surface area contributed by atoms with Crippen LogP contribution < -0.4 is 0 Å². The molecule has 2 heterocycles. The molecule has 126 valence electrons. The molecule has 0 saturated carbocycles. The van der Waals surface area contributed by atoms with E-state index in [4.69, 9.17) is 0 Å². The molecule has 0 spiro atoms. The monoisotopic (exact) mass is 324 g/mol. The standard InChI is InChI=1S/C19H24N4O/c1-5-6-7-13-8-9-15-14(12-21-16(15)10-13)11-17-18(24)23(4)19(20-2)22(17)3/h8-12,21H,5-7H2,1-4H3. The summed E-state index contributed by atoms with van der Waals surface area (Å²) in [7, 11) is 5.31. The molecular weight excluding hydrogens is 300 g/mol. The van der Waals surface area contributed by atoms with Gasteiger partial charge in [-0.05, 0) is 30.5 Å². The van der Waals surface area contributed by atoms with Crippen LogP contribution >= 0.6 is 0 Å². The Kier molecular flexibility index (Phi) is 4.42. The first kappa shape index (κ1) is 16.3. The zero-order chi connectivity index (χ0) is 17.3. The predicted octanol–water partition coefficient (Wildman–Crippen LogP) is 3.24. The lowest BCUT2D eigenvalue weighted by Gasteiger charge is -2.12. The molecule has 0 unspecified atom stereocenters. The van der Waals surface area contributed by atoms with Gasteiger partial charge in [-0.3, -0.25) is 14.7 Å². The number of aliphatic imine (C=N–C) groups is 1. The highest BCUT2D eigenvalue weighted by Crippen LogP contribution is 2.26. The number of aromatic nitrogens is 1. The van der Waals surface area contributed by atoms with Gasteiger partial charge in [0.25, 0.3) is 5.91 Å². The minimum Gasteiger partial charge on any atom is -0.361 e. The molecular formula is C19H24N4O. The fourth-order valence-corrected chi connectivity index (χ4v) is 3.20. The summed E-state index contributed by atoms with van der Waals surface area (Å²) in [6.45, 7) is 2.21. The maximum absolute atomic E-state index is 12.4. The van der Waals surface area contributed by atoms with Crippen molar-refractivity contribution in [2.75, 3.05) is 21.1 Å². The van der Waals surface area contributed by atoms with Crippen LogP contribution in [0.5, 0.6) is 0 Å². The summed E-state index contributed by atoms with van der Waals surface area (Å²) >= 11 is 0. The molecule has 1 saturated heterocycles. The lowest BCUT2D eigenvalue weighted by atomic mass is 10.1. The summed E-state index contributed by atoms with van der Waals surface area (Å²) in [5.74, 6) is 0.625. The Morgan fingerprint density at radius 3 is 2.71 bits per heavy atom. The summed E-state index contributed by atoms with van der Waals surface area (Å²) in [5.41, 5.74) is 4.11. The molecule has 1 amide bonds. The normalized spacial score (nSPS) is 18.6. The second-order valence-electron chi connectivity index (χ2n) is 6.20. The number of amides is 1. The zero-order valence-corrected chi connectivity index (χ0v) is 14.8. The Labute approximate surface area is 142 Å². The van der Waals surface area contributed by atoms with Crippen molar-refractivity contribution in [1.82, 2.24) is 14.8 Å². The van der Waals surface area contributed by atoms with Crippen LogP contribution in [-0.4, -0.2) is 47.8 Å². The van der Waals surface area contributed by atoms with E-state index in [1.54, 1.807) is 19.0 Å². The van der Waals surface area contributed by atoms with Gasteiger partial charge >= 0.3 is 0 Å². The first-order chi connectivity index (χ1) is 11.6. The smallest absolute Gasteiger partial charge is 0.277 e. The van der Waals surface area contributed by atoms with Crippen molar-refractivity contribution in [1.29, 1.82) is 0 Å². The van der Waals surface area contributed by atoms with E-state index < -0.39 is 0 Å². The number of unbranched alkanes of at least 4 members (excludes halogenated alkanes) is 1.